The maximum absolute atomic E-state index is 13.0. The summed E-state index contributed by atoms with van der Waals surface area (Å²) in [5.74, 6) is 0.484. The van der Waals surface area contributed by atoms with Crippen molar-refractivity contribution in [1.82, 2.24) is 4.90 Å². The molecule has 0 amide bonds. The molecule has 0 aromatic heterocycles. The number of halogens is 1. The molecule has 1 heterocycles. The summed E-state index contributed by atoms with van der Waals surface area (Å²) in [4.78, 5) is 2.17. The molecule has 3 nitrogen and oxygen atoms in total. The minimum Gasteiger partial charge on any atom is -0.295 e. The highest BCUT2D eigenvalue weighted by Crippen LogP contribution is 2.23. The Morgan fingerprint density at radius 3 is 2.62 bits per heavy atom. The average molecular weight is 311 g/mol. The Kier molecular flexibility index (Phi) is 5.17. The second-order valence-electron chi connectivity index (χ2n) is 5.75. The van der Waals surface area contributed by atoms with Gasteiger partial charge in [0.15, 0.2) is 9.84 Å². The maximum atomic E-state index is 13.0. The van der Waals surface area contributed by atoms with Crippen molar-refractivity contribution in [2.24, 2.45) is 0 Å². The zero-order chi connectivity index (χ0) is 15.5. The number of sulfone groups is 1. The van der Waals surface area contributed by atoms with Crippen LogP contribution in [-0.2, 0) is 9.84 Å². The molecule has 2 atom stereocenters. The van der Waals surface area contributed by atoms with Crippen molar-refractivity contribution in [3.63, 3.8) is 0 Å². The van der Waals surface area contributed by atoms with Crippen molar-refractivity contribution in [1.29, 1.82) is 0 Å². The van der Waals surface area contributed by atoms with Gasteiger partial charge in [-0.15, -0.1) is 6.58 Å². The molecule has 0 bridgehead atoms. The molecular formula is C16H22FNO2S. The lowest BCUT2D eigenvalue weighted by atomic mass is 9.99. The van der Waals surface area contributed by atoms with Gasteiger partial charge in [0.2, 0.25) is 0 Å². The van der Waals surface area contributed by atoms with Gasteiger partial charge in [0.1, 0.15) is 5.82 Å². The highest BCUT2D eigenvalue weighted by atomic mass is 32.2. The molecule has 0 radical (unpaired) electrons. The van der Waals surface area contributed by atoms with Crippen LogP contribution in [0.5, 0.6) is 0 Å². The minimum absolute atomic E-state index is 0.0656. The van der Waals surface area contributed by atoms with Gasteiger partial charge in [0.25, 0.3) is 0 Å². The summed E-state index contributed by atoms with van der Waals surface area (Å²) in [6, 6.07) is 6.57. The van der Waals surface area contributed by atoms with Gasteiger partial charge in [-0.2, -0.15) is 0 Å². The molecule has 0 unspecified atom stereocenters. The monoisotopic (exact) mass is 311 g/mol. The maximum Gasteiger partial charge on any atom is 0.151 e. The quantitative estimate of drug-likeness (QED) is 0.758. The molecule has 1 saturated heterocycles. The van der Waals surface area contributed by atoms with Crippen molar-refractivity contribution in [2.75, 3.05) is 24.6 Å². The van der Waals surface area contributed by atoms with Gasteiger partial charge in [-0.3, -0.25) is 4.90 Å². The van der Waals surface area contributed by atoms with Crippen LogP contribution in [0.15, 0.2) is 36.9 Å². The van der Waals surface area contributed by atoms with Gasteiger partial charge in [-0.1, -0.05) is 25.1 Å². The molecule has 1 aromatic carbocycles. The van der Waals surface area contributed by atoms with Crippen molar-refractivity contribution >= 4 is 9.84 Å². The van der Waals surface area contributed by atoms with Crippen LogP contribution < -0.4 is 0 Å². The molecule has 2 rings (SSSR count). The molecule has 0 N–H and O–H groups in total. The van der Waals surface area contributed by atoms with Crippen LogP contribution in [0, 0.1) is 5.82 Å². The summed E-state index contributed by atoms with van der Waals surface area (Å²) >= 11 is 0. The van der Waals surface area contributed by atoms with Crippen LogP contribution in [0.3, 0.4) is 0 Å². The zero-order valence-corrected chi connectivity index (χ0v) is 13.2. The van der Waals surface area contributed by atoms with E-state index in [1.807, 2.05) is 6.08 Å². The third kappa shape index (κ3) is 4.38. The first-order valence-electron chi connectivity index (χ1n) is 7.22. The number of rotatable bonds is 6. The van der Waals surface area contributed by atoms with Crippen LogP contribution in [0.2, 0.25) is 0 Å². The number of hydrogen-bond acceptors (Lipinski definition) is 3. The topological polar surface area (TPSA) is 37.4 Å². The van der Waals surface area contributed by atoms with E-state index in [0.717, 1.165) is 12.1 Å². The average Bonchev–Trinajstić information content (AvgIpc) is 2.79. The summed E-state index contributed by atoms with van der Waals surface area (Å²) in [5, 5.41) is 0. The van der Waals surface area contributed by atoms with Crippen LogP contribution >= 0.6 is 0 Å². The van der Waals surface area contributed by atoms with Gasteiger partial charge < -0.3 is 0 Å². The first kappa shape index (κ1) is 16.2. The van der Waals surface area contributed by atoms with Crippen molar-refractivity contribution < 1.29 is 12.8 Å². The number of nitrogens with zero attached hydrogens (tertiary/aromatic N) is 1. The fourth-order valence-corrected chi connectivity index (χ4v) is 4.61. The lowest BCUT2D eigenvalue weighted by Gasteiger charge is -2.29. The van der Waals surface area contributed by atoms with E-state index in [9.17, 15) is 12.8 Å². The zero-order valence-electron chi connectivity index (χ0n) is 12.3. The molecule has 1 aliphatic heterocycles. The van der Waals surface area contributed by atoms with E-state index < -0.39 is 9.84 Å². The Morgan fingerprint density at radius 1 is 1.43 bits per heavy atom. The lowest BCUT2D eigenvalue weighted by molar-refractivity contribution is 0.224. The van der Waals surface area contributed by atoms with E-state index in [0.29, 0.717) is 13.0 Å². The highest BCUT2D eigenvalue weighted by Gasteiger charge is 2.32. The predicted molar refractivity (Wildman–Crippen MR) is 83.6 cm³/mol. The van der Waals surface area contributed by atoms with Gasteiger partial charge in [0.05, 0.1) is 11.5 Å². The summed E-state index contributed by atoms with van der Waals surface area (Å²) in [6.07, 6.45) is 2.49. The Balaban J connectivity index is 2.05. The molecule has 1 fully saturated rings. The molecule has 21 heavy (non-hydrogen) atoms. The van der Waals surface area contributed by atoms with Crippen molar-refractivity contribution in [2.45, 2.75) is 25.3 Å². The predicted octanol–water partition coefficient (Wildman–Crippen LogP) is 2.60. The van der Waals surface area contributed by atoms with E-state index in [1.54, 1.807) is 12.1 Å². The third-order valence-electron chi connectivity index (χ3n) is 4.04. The summed E-state index contributed by atoms with van der Waals surface area (Å²) in [6.45, 7) is 7.26. The third-order valence-corrected chi connectivity index (χ3v) is 5.79. The molecule has 0 saturated carbocycles. The Hall–Kier alpha value is -1.20. The molecular weight excluding hydrogens is 289 g/mol. The molecule has 5 heteroatoms. The Morgan fingerprint density at radius 2 is 2.10 bits per heavy atom. The van der Waals surface area contributed by atoms with Gasteiger partial charge in [-0.05, 0) is 30.0 Å². The second-order valence-corrected chi connectivity index (χ2v) is 7.98. The number of hydrogen-bond donors (Lipinski definition) is 0. The normalized spacial score (nSPS) is 22.3. The van der Waals surface area contributed by atoms with Gasteiger partial charge >= 0.3 is 0 Å². The molecule has 0 spiro atoms. The van der Waals surface area contributed by atoms with Crippen LogP contribution in [-0.4, -0.2) is 44.0 Å². The fourth-order valence-electron chi connectivity index (χ4n) is 2.85. The van der Waals surface area contributed by atoms with E-state index in [1.165, 1.54) is 12.1 Å². The molecule has 0 aliphatic carbocycles. The molecule has 116 valence electrons. The smallest absolute Gasteiger partial charge is 0.151 e. The summed E-state index contributed by atoms with van der Waals surface area (Å²) in [7, 11) is -2.89. The standard InChI is InChI=1S/C16H22FNO2S/c1-3-9-18(16-8-10-21(19,20)12-16)11-13(2)14-4-6-15(17)7-5-14/h3-7,13,16H,1,8-12H2,2H3/t13-,16+/m1/s1. The first-order valence-corrected chi connectivity index (χ1v) is 9.04. The van der Waals surface area contributed by atoms with E-state index >= 15 is 0 Å². The van der Waals surface area contributed by atoms with Crippen LogP contribution in [0.1, 0.15) is 24.8 Å². The van der Waals surface area contributed by atoms with Crippen LogP contribution in [0.4, 0.5) is 4.39 Å². The van der Waals surface area contributed by atoms with Gasteiger partial charge in [0, 0.05) is 19.1 Å². The first-order chi connectivity index (χ1) is 9.91. The SMILES string of the molecule is C=CCN(C[C@@H](C)c1ccc(F)cc1)[C@H]1CCS(=O)(=O)C1. The summed E-state index contributed by atoms with van der Waals surface area (Å²) in [5.41, 5.74) is 1.06. The molecule has 1 aromatic rings. The van der Waals surface area contributed by atoms with E-state index in [2.05, 4.69) is 18.4 Å². The lowest BCUT2D eigenvalue weighted by Crippen LogP contribution is -2.38. The van der Waals surface area contributed by atoms with Crippen LogP contribution in [0.25, 0.3) is 0 Å². The second kappa shape index (κ2) is 6.71. The Labute approximate surface area is 126 Å². The minimum atomic E-state index is -2.89. The fraction of sp³-hybridized carbons (Fsp3) is 0.500. The van der Waals surface area contributed by atoms with E-state index in [4.69, 9.17) is 0 Å². The van der Waals surface area contributed by atoms with E-state index in [-0.39, 0.29) is 29.3 Å². The summed E-state index contributed by atoms with van der Waals surface area (Å²) < 4.78 is 36.3. The molecule has 1 aliphatic rings. The van der Waals surface area contributed by atoms with Gasteiger partial charge in [-0.25, -0.2) is 12.8 Å². The number of benzene rings is 1. The van der Waals surface area contributed by atoms with Crippen molar-refractivity contribution in [3.05, 3.63) is 48.3 Å². The largest absolute Gasteiger partial charge is 0.295 e. The highest BCUT2D eigenvalue weighted by molar-refractivity contribution is 7.91. The Bertz CT molecular complexity index is 583. The van der Waals surface area contributed by atoms with Crippen molar-refractivity contribution in [3.8, 4) is 0 Å².